The van der Waals surface area contributed by atoms with Crippen LogP contribution in [0.1, 0.15) is 303 Å². The van der Waals surface area contributed by atoms with Crippen molar-refractivity contribution in [2.75, 3.05) is 13.2 Å². The van der Waals surface area contributed by atoms with Gasteiger partial charge in [-0.25, -0.2) is 0 Å². The second-order valence-electron chi connectivity index (χ2n) is 21.6. The quantitative estimate of drug-likeness (QED) is 0.0261. The lowest BCUT2D eigenvalue weighted by Crippen LogP contribution is -2.30. The number of hydrogen-bond donors (Lipinski definition) is 0. The van der Waals surface area contributed by atoms with Gasteiger partial charge in [0, 0.05) is 19.3 Å². The van der Waals surface area contributed by atoms with Crippen molar-refractivity contribution < 1.29 is 28.6 Å². The van der Waals surface area contributed by atoms with Crippen molar-refractivity contribution in [1.82, 2.24) is 0 Å². The molecule has 0 fully saturated rings. The van der Waals surface area contributed by atoms with Gasteiger partial charge in [0.1, 0.15) is 13.2 Å². The molecule has 1 atom stereocenters. The Morgan fingerprint density at radius 3 is 0.772 bits per heavy atom. The zero-order valence-corrected chi connectivity index (χ0v) is 51.6. The molecule has 0 aliphatic carbocycles. The SMILES string of the molecule is CC/C=C\C/C=C\C/C=C\C/C=C\C/C=C\CCCCCCCCCCCC(=O)OCC(COC(=O)CCCCCCCCCCCCCCCCC)OC(=O)CCCCCCC/C=C\C/C=C\C/C=C\C/C=C\C/C=C\CC. The predicted octanol–water partition coefficient (Wildman–Crippen LogP) is 22.8. The van der Waals surface area contributed by atoms with E-state index in [1.165, 1.54) is 116 Å². The van der Waals surface area contributed by atoms with E-state index in [2.05, 4.69) is 142 Å². The second-order valence-corrected chi connectivity index (χ2v) is 21.6. The maximum Gasteiger partial charge on any atom is 0.306 e. The molecule has 0 aliphatic heterocycles. The van der Waals surface area contributed by atoms with Crippen LogP contribution in [0.25, 0.3) is 0 Å². The molecule has 0 amide bonds. The van der Waals surface area contributed by atoms with Crippen LogP contribution >= 0.6 is 0 Å². The molecular formula is C73H122O6. The molecule has 0 aromatic heterocycles. The number of carbonyl (C=O) groups excluding carboxylic acids is 3. The van der Waals surface area contributed by atoms with Crippen LogP contribution in [0, 0.1) is 0 Å². The maximum absolute atomic E-state index is 12.9. The van der Waals surface area contributed by atoms with Crippen molar-refractivity contribution in [3.05, 3.63) is 122 Å². The van der Waals surface area contributed by atoms with Crippen molar-refractivity contribution in [3.63, 3.8) is 0 Å². The molecule has 0 radical (unpaired) electrons. The van der Waals surface area contributed by atoms with Gasteiger partial charge in [-0.2, -0.15) is 0 Å². The fourth-order valence-electron chi connectivity index (χ4n) is 9.09. The third-order valence-electron chi connectivity index (χ3n) is 14.0. The van der Waals surface area contributed by atoms with Crippen LogP contribution in [0.4, 0.5) is 0 Å². The van der Waals surface area contributed by atoms with Gasteiger partial charge >= 0.3 is 17.9 Å². The summed E-state index contributed by atoms with van der Waals surface area (Å²) in [5.74, 6) is -0.904. The topological polar surface area (TPSA) is 78.9 Å². The largest absolute Gasteiger partial charge is 0.462 e. The standard InChI is InChI=1S/C73H122O6/c1-4-7-10-13-16-19-22-25-28-30-32-34-35-36-37-39-40-42-45-48-51-54-57-60-63-66-72(75)78-69-70(68-77-71(74)65-62-59-56-53-50-47-44-27-24-21-18-15-12-9-6-3)79-73(76)67-64-61-58-55-52-49-46-43-41-38-33-31-29-26-23-20-17-14-11-8-5-2/h7-8,10-11,16-17,19-20,25-26,28-29,32-34,36-38,43,46,70H,4-6,9,12-15,18,21-24,27,30-31,35,39-42,44-45,47-69H2,1-3H3/b10-7-,11-8-,19-16-,20-17-,28-25-,29-26-,34-32-,37-36-,38-33-,46-43-. The fourth-order valence-corrected chi connectivity index (χ4v) is 9.09. The maximum atomic E-state index is 12.9. The van der Waals surface area contributed by atoms with Crippen molar-refractivity contribution in [3.8, 4) is 0 Å². The Labute approximate surface area is 488 Å². The third-order valence-corrected chi connectivity index (χ3v) is 14.0. The summed E-state index contributed by atoms with van der Waals surface area (Å²) in [7, 11) is 0. The minimum atomic E-state index is -0.794. The molecule has 0 aromatic carbocycles. The molecule has 0 saturated carbocycles. The van der Waals surface area contributed by atoms with Gasteiger partial charge in [0.25, 0.3) is 0 Å². The molecule has 79 heavy (non-hydrogen) atoms. The highest BCUT2D eigenvalue weighted by Gasteiger charge is 2.19. The van der Waals surface area contributed by atoms with E-state index in [0.29, 0.717) is 19.3 Å². The van der Waals surface area contributed by atoms with Gasteiger partial charge in [0.2, 0.25) is 0 Å². The molecule has 0 rings (SSSR count). The lowest BCUT2D eigenvalue weighted by molar-refractivity contribution is -0.167. The van der Waals surface area contributed by atoms with Crippen LogP contribution in [-0.2, 0) is 28.6 Å². The number of allylic oxidation sites excluding steroid dienone is 20. The van der Waals surface area contributed by atoms with Gasteiger partial charge < -0.3 is 14.2 Å². The Kier molecular flexibility index (Phi) is 62.8. The molecule has 6 heteroatoms. The Bertz CT molecular complexity index is 1640. The van der Waals surface area contributed by atoms with E-state index in [1.54, 1.807) is 0 Å². The highest BCUT2D eigenvalue weighted by molar-refractivity contribution is 5.71. The van der Waals surface area contributed by atoms with Crippen LogP contribution in [0.3, 0.4) is 0 Å². The Morgan fingerprint density at radius 2 is 0.494 bits per heavy atom. The van der Waals surface area contributed by atoms with Gasteiger partial charge in [0.15, 0.2) is 6.10 Å². The predicted molar refractivity (Wildman–Crippen MR) is 343 cm³/mol. The Hall–Kier alpha value is -4.19. The van der Waals surface area contributed by atoms with E-state index in [9.17, 15) is 14.4 Å². The van der Waals surface area contributed by atoms with E-state index in [-0.39, 0.29) is 31.1 Å². The molecule has 6 nitrogen and oxygen atoms in total. The first-order valence-corrected chi connectivity index (χ1v) is 33.0. The van der Waals surface area contributed by atoms with Crippen molar-refractivity contribution >= 4 is 17.9 Å². The van der Waals surface area contributed by atoms with Crippen molar-refractivity contribution in [2.24, 2.45) is 0 Å². The van der Waals surface area contributed by atoms with E-state index in [4.69, 9.17) is 14.2 Å². The summed E-state index contributed by atoms with van der Waals surface area (Å²) >= 11 is 0. The molecule has 0 heterocycles. The smallest absolute Gasteiger partial charge is 0.306 e. The summed E-state index contributed by atoms with van der Waals surface area (Å²) < 4.78 is 16.9. The number of carbonyl (C=O) groups is 3. The molecule has 0 aliphatic rings. The van der Waals surface area contributed by atoms with Crippen molar-refractivity contribution in [1.29, 1.82) is 0 Å². The summed E-state index contributed by atoms with van der Waals surface area (Å²) in [4.78, 5) is 38.4. The third kappa shape index (κ3) is 64.5. The van der Waals surface area contributed by atoms with Gasteiger partial charge in [-0.3, -0.25) is 14.4 Å². The van der Waals surface area contributed by atoms with Crippen LogP contribution in [0.2, 0.25) is 0 Å². The van der Waals surface area contributed by atoms with Gasteiger partial charge in [-0.15, -0.1) is 0 Å². The zero-order valence-electron chi connectivity index (χ0n) is 51.6. The van der Waals surface area contributed by atoms with Gasteiger partial charge in [-0.1, -0.05) is 296 Å². The molecule has 0 spiro atoms. The summed E-state index contributed by atoms with van der Waals surface area (Å²) in [6.45, 7) is 6.42. The lowest BCUT2D eigenvalue weighted by atomic mass is 10.0. The van der Waals surface area contributed by atoms with Crippen LogP contribution in [-0.4, -0.2) is 37.2 Å². The highest BCUT2D eigenvalue weighted by Crippen LogP contribution is 2.16. The molecule has 0 N–H and O–H groups in total. The van der Waals surface area contributed by atoms with Crippen LogP contribution < -0.4 is 0 Å². The lowest BCUT2D eigenvalue weighted by Gasteiger charge is -2.18. The number of rotatable bonds is 59. The van der Waals surface area contributed by atoms with E-state index >= 15 is 0 Å². The number of unbranched alkanes of at least 4 members (excludes halogenated alkanes) is 28. The molecule has 450 valence electrons. The summed E-state index contributed by atoms with van der Waals surface area (Å²) in [5.41, 5.74) is 0. The monoisotopic (exact) mass is 1090 g/mol. The number of ether oxygens (including phenoxy) is 3. The molecular weight excluding hydrogens is 973 g/mol. The zero-order chi connectivity index (χ0) is 57.1. The van der Waals surface area contributed by atoms with E-state index in [0.717, 1.165) is 148 Å². The normalized spacial score (nSPS) is 12.9. The first-order chi connectivity index (χ1) is 39.0. The Balaban J connectivity index is 4.41. The summed E-state index contributed by atoms with van der Waals surface area (Å²) in [5, 5.41) is 0. The molecule has 0 bridgehead atoms. The van der Waals surface area contributed by atoms with Crippen molar-refractivity contribution in [2.45, 2.75) is 309 Å². The molecule has 0 aromatic rings. The molecule has 1 unspecified atom stereocenters. The van der Waals surface area contributed by atoms with Gasteiger partial charge in [-0.05, 0) is 109 Å². The van der Waals surface area contributed by atoms with Crippen LogP contribution in [0.5, 0.6) is 0 Å². The number of hydrogen-bond acceptors (Lipinski definition) is 6. The van der Waals surface area contributed by atoms with Gasteiger partial charge in [0.05, 0.1) is 0 Å². The average molecular weight is 1100 g/mol. The first kappa shape index (κ1) is 74.8. The minimum Gasteiger partial charge on any atom is -0.462 e. The average Bonchev–Trinajstić information content (AvgIpc) is 3.45. The summed E-state index contributed by atoms with van der Waals surface area (Å²) in [6.07, 6.45) is 92.0. The number of esters is 3. The molecule has 0 saturated heterocycles. The fraction of sp³-hybridized carbons (Fsp3) is 0.685. The highest BCUT2D eigenvalue weighted by atomic mass is 16.6. The van der Waals surface area contributed by atoms with Crippen LogP contribution in [0.15, 0.2) is 122 Å². The minimum absolute atomic E-state index is 0.0875. The second kappa shape index (κ2) is 66.3. The Morgan fingerprint density at radius 1 is 0.266 bits per heavy atom. The first-order valence-electron chi connectivity index (χ1n) is 33.0. The van der Waals surface area contributed by atoms with E-state index < -0.39 is 6.10 Å². The summed E-state index contributed by atoms with van der Waals surface area (Å²) in [6, 6.07) is 0. The van der Waals surface area contributed by atoms with E-state index in [1.807, 2.05) is 0 Å².